The fourth-order valence-corrected chi connectivity index (χ4v) is 6.57. The van der Waals surface area contributed by atoms with Crippen molar-refractivity contribution in [2.24, 2.45) is 11.7 Å². The molecule has 1 amide bonds. The number of aromatic nitrogens is 4. The van der Waals surface area contributed by atoms with E-state index in [0.29, 0.717) is 17.5 Å². The van der Waals surface area contributed by atoms with Crippen LogP contribution in [-0.2, 0) is 10.3 Å². The topological polar surface area (TPSA) is 119 Å². The maximum Gasteiger partial charge on any atom is 0.225 e. The minimum Gasteiger partial charge on any atom is -0.383 e. The van der Waals surface area contributed by atoms with Crippen LogP contribution < -0.4 is 16.4 Å². The number of nitrogen functional groups attached to an aromatic ring is 1. The molecule has 222 valence electrons. The largest absolute Gasteiger partial charge is 0.383 e. The van der Waals surface area contributed by atoms with Crippen LogP contribution in [0.25, 0.3) is 39.5 Å². The SMILES string of the molecule is Nc1ncccc1-c1nc2ccc(-c3cccc(N4CCN(C(=O)C5CC5)CC4)c3)nc2n1-c1ccc(C2(N)CCC2)cc1. The van der Waals surface area contributed by atoms with Gasteiger partial charge in [-0.05, 0) is 86.2 Å². The molecular formula is C35H36N8O. The van der Waals surface area contributed by atoms with Crippen molar-refractivity contribution >= 4 is 28.6 Å². The summed E-state index contributed by atoms with van der Waals surface area (Å²) in [6, 6.07) is 24.8. The number of carbonyl (C=O) groups excluding carboxylic acids is 1. The van der Waals surface area contributed by atoms with Crippen molar-refractivity contribution in [2.45, 2.75) is 37.6 Å². The first kappa shape index (κ1) is 26.8. The van der Waals surface area contributed by atoms with Crippen molar-refractivity contribution < 1.29 is 4.79 Å². The van der Waals surface area contributed by atoms with Gasteiger partial charge in [0, 0.05) is 60.8 Å². The summed E-state index contributed by atoms with van der Waals surface area (Å²) in [6.07, 6.45) is 6.97. The zero-order chi connectivity index (χ0) is 29.8. The van der Waals surface area contributed by atoms with Crippen LogP contribution in [0.5, 0.6) is 0 Å². The van der Waals surface area contributed by atoms with E-state index in [0.717, 1.165) is 96.8 Å². The highest BCUT2D eigenvalue weighted by atomic mass is 16.2. The molecule has 3 aliphatic rings. The molecule has 0 spiro atoms. The number of hydrogen-bond donors (Lipinski definition) is 2. The molecule has 0 bridgehead atoms. The molecule has 2 saturated carbocycles. The second-order valence-corrected chi connectivity index (χ2v) is 12.4. The number of amides is 1. The van der Waals surface area contributed by atoms with Crippen LogP contribution in [0.4, 0.5) is 11.5 Å². The van der Waals surface area contributed by atoms with Crippen molar-refractivity contribution in [2.75, 3.05) is 36.8 Å². The lowest BCUT2D eigenvalue weighted by Crippen LogP contribution is -2.49. The summed E-state index contributed by atoms with van der Waals surface area (Å²) in [5.41, 5.74) is 20.2. The average Bonchev–Trinajstić information content (AvgIpc) is 3.84. The highest BCUT2D eigenvalue weighted by Crippen LogP contribution is 2.39. The summed E-state index contributed by atoms with van der Waals surface area (Å²) in [5, 5.41) is 0. The second kappa shape index (κ2) is 10.4. The number of benzene rings is 2. The molecule has 2 aromatic carbocycles. The van der Waals surface area contributed by atoms with E-state index in [9.17, 15) is 4.79 Å². The van der Waals surface area contributed by atoms with Crippen molar-refractivity contribution in [1.82, 2.24) is 24.4 Å². The highest BCUT2D eigenvalue weighted by molar-refractivity contribution is 5.85. The Morgan fingerprint density at radius 2 is 1.66 bits per heavy atom. The van der Waals surface area contributed by atoms with Gasteiger partial charge in [0.2, 0.25) is 5.91 Å². The first-order valence-electron chi connectivity index (χ1n) is 15.6. The van der Waals surface area contributed by atoms with Gasteiger partial charge in [0.15, 0.2) is 11.5 Å². The quantitative estimate of drug-likeness (QED) is 0.284. The van der Waals surface area contributed by atoms with Crippen molar-refractivity contribution in [3.63, 3.8) is 0 Å². The van der Waals surface area contributed by atoms with E-state index >= 15 is 0 Å². The van der Waals surface area contributed by atoms with Gasteiger partial charge in [-0.1, -0.05) is 24.3 Å². The number of hydrogen-bond acceptors (Lipinski definition) is 7. The Morgan fingerprint density at radius 1 is 0.864 bits per heavy atom. The van der Waals surface area contributed by atoms with Crippen LogP contribution in [0.15, 0.2) is 79.0 Å². The number of fused-ring (bicyclic) bond motifs is 1. The highest BCUT2D eigenvalue weighted by Gasteiger charge is 2.35. The average molecular weight is 585 g/mol. The summed E-state index contributed by atoms with van der Waals surface area (Å²) in [6.45, 7) is 3.20. The molecular weight excluding hydrogens is 548 g/mol. The Hall–Kier alpha value is -4.76. The molecule has 9 heteroatoms. The molecule has 0 atom stereocenters. The molecule has 2 aliphatic carbocycles. The summed E-state index contributed by atoms with van der Waals surface area (Å²) in [4.78, 5) is 31.5. The lowest BCUT2D eigenvalue weighted by atomic mass is 9.73. The van der Waals surface area contributed by atoms with Crippen LogP contribution in [-0.4, -0.2) is 56.5 Å². The first-order valence-corrected chi connectivity index (χ1v) is 15.6. The summed E-state index contributed by atoms with van der Waals surface area (Å²) >= 11 is 0. The van der Waals surface area contributed by atoms with E-state index in [4.69, 9.17) is 21.4 Å². The van der Waals surface area contributed by atoms with E-state index in [2.05, 4.69) is 63.0 Å². The number of nitrogens with two attached hydrogens (primary N) is 2. The van der Waals surface area contributed by atoms with Gasteiger partial charge in [-0.3, -0.25) is 9.36 Å². The summed E-state index contributed by atoms with van der Waals surface area (Å²) in [5.74, 6) is 1.72. The number of piperazine rings is 1. The second-order valence-electron chi connectivity index (χ2n) is 12.4. The minimum absolute atomic E-state index is 0.234. The molecule has 9 nitrogen and oxygen atoms in total. The molecule has 0 unspecified atom stereocenters. The van der Waals surface area contributed by atoms with Gasteiger partial charge in [0.1, 0.15) is 11.3 Å². The number of carbonyl (C=O) groups is 1. The lowest BCUT2D eigenvalue weighted by molar-refractivity contribution is -0.132. The van der Waals surface area contributed by atoms with Crippen LogP contribution in [0.3, 0.4) is 0 Å². The minimum atomic E-state index is -0.234. The molecule has 3 fully saturated rings. The Labute approximate surface area is 256 Å². The van der Waals surface area contributed by atoms with E-state index < -0.39 is 0 Å². The molecule has 4 heterocycles. The molecule has 3 aromatic heterocycles. The number of nitrogens with zero attached hydrogens (tertiary/aromatic N) is 6. The zero-order valence-electron chi connectivity index (χ0n) is 24.7. The third-order valence-electron chi connectivity index (χ3n) is 9.56. The first-order chi connectivity index (χ1) is 21.5. The smallest absolute Gasteiger partial charge is 0.225 e. The molecule has 44 heavy (non-hydrogen) atoms. The number of rotatable bonds is 6. The van der Waals surface area contributed by atoms with Crippen LogP contribution >= 0.6 is 0 Å². The fourth-order valence-electron chi connectivity index (χ4n) is 6.57. The Bertz CT molecular complexity index is 1860. The van der Waals surface area contributed by atoms with Crippen molar-refractivity contribution in [3.05, 3.63) is 84.6 Å². The summed E-state index contributed by atoms with van der Waals surface area (Å²) < 4.78 is 2.07. The van der Waals surface area contributed by atoms with Crippen LogP contribution in [0, 0.1) is 5.92 Å². The van der Waals surface area contributed by atoms with E-state index in [-0.39, 0.29) is 11.5 Å². The lowest BCUT2D eigenvalue weighted by Gasteiger charge is -2.38. The van der Waals surface area contributed by atoms with Gasteiger partial charge in [-0.2, -0.15) is 0 Å². The Kier molecular flexibility index (Phi) is 6.37. The predicted molar refractivity (Wildman–Crippen MR) is 173 cm³/mol. The molecule has 0 radical (unpaired) electrons. The standard InChI is InChI=1S/C35H36N8O/c36-31-28(6-2-17-38-31)32-40-30-14-13-29(39-33(30)43(32)26-11-9-25(10-12-26)35(37)15-3-16-35)24-4-1-5-27(22-24)41-18-20-42(21-19-41)34(44)23-7-8-23/h1-2,4-6,9-14,17,22-23H,3,7-8,15-16,18-21,37H2,(H2,36,38). The van der Waals surface area contributed by atoms with Crippen LogP contribution in [0.2, 0.25) is 0 Å². The number of pyridine rings is 2. The number of anilines is 2. The molecule has 8 rings (SSSR count). The molecule has 4 N–H and O–H groups in total. The predicted octanol–water partition coefficient (Wildman–Crippen LogP) is 5.13. The maximum absolute atomic E-state index is 12.5. The van der Waals surface area contributed by atoms with Gasteiger partial charge in [-0.25, -0.2) is 15.0 Å². The van der Waals surface area contributed by atoms with Gasteiger partial charge >= 0.3 is 0 Å². The fraction of sp³-hybridized carbons (Fsp3) is 0.314. The normalized spacial score (nSPS) is 17.9. The van der Waals surface area contributed by atoms with Gasteiger partial charge in [0.05, 0.1) is 11.3 Å². The van der Waals surface area contributed by atoms with Crippen molar-refractivity contribution in [3.8, 4) is 28.3 Å². The molecule has 5 aromatic rings. The van der Waals surface area contributed by atoms with E-state index in [1.165, 1.54) is 6.42 Å². The monoisotopic (exact) mass is 584 g/mol. The van der Waals surface area contributed by atoms with Crippen LogP contribution in [0.1, 0.15) is 37.7 Å². The number of imidazole rings is 1. The third-order valence-corrected chi connectivity index (χ3v) is 9.56. The Balaban J connectivity index is 1.16. The van der Waals surface area contributed by atoms with E-state index in [1.807, 2.05) is 29.2 Å². The summed E-state index contributed by atoms with van der Waals surface area (Å²) in [7, 11) is 0. The van der Waals surface area contributed by atoms with Crippen molar-refractivity contribution in [1.29, 1.82) is 0 Å². The van der Waals surface area contributed by atoms with Gasteiger partial charge in [-0.15, -0.1) is 0 Å². The molecule has 1 saturated heterocycles. The van der Waals surface area contributed by atoms with Gasteiger partial charge < -0.3 is 21.3 Å². The zero-order valence-corrected chi connectivity index (χ0v) is 24.7. The molecule has 1 aliphatic heterocycles. The van der Waals surface area contributed by atoms with Gasteiger partial charge in [0.25, 0.3) is 0 Å². The maximum atomic E-state index is 12.5. The third kappa shape index (κ3) is 4.68. The Morgan fingerprint density at radius 3 is 2.36 bits per heavy atom. The van der Waals surface area contributed by atoms with E-state index in [1.54, 1.807) is 6.20 Å².